The number of nitrogens with one attached hydrogen (secondary N) is 2. The fourth-order valence-corrected chi connectivity index (χ4v) is 3.99. The van der Waals surface area contributed by atoms with E-state index in [0.717, 1.165) is 24.0 Å². The van der Waals surface area contributed by atoms with Crippen molar-refractivity contribution >= 4 is 11.9 Å². The van der Waals surface area contributed by atoms with Crippen molar-refractivity contribution in [2.45, 2.75) is 25.9 Å². The van der Waals surface area contributed by atoms with Gasteiger partial charge in [0.05, 0.1) is 0 Å². The standard InChI is InChI=1S/C21H23FN4O2/c22-17-3-1-2-16(10-17)13-25-20(28)26-9-6-21(14-26)11-18(21)19(27)24-12-15-4-7-23-8-5-15/h1-5,7-8,10,18H,6,9,11-14H2,(H,24,27)(H,25,28)/t18-,21-/m1/s1. The number of aromatic nitrogens is 1. The first-order valence-corrected chi connectivity index (χ1v) is 9.50. The van der Waals surface area contributed by atoms with Gasteiger partial charge in [-0.2, -0.15) is 0 Å². The van der Waals surface area contributed by atoms with E-state index in [2.05, 4.69) is 15.6 Å². The number of carbonyl (C=O) groups is 2. The van der Waals surface area contributed by atoms with Crippen LogP contribution in [0.1, 0.15) is 24.0 Å². The molecule has 2 aliphatic rings. The highest BCUT2D eigenvalue weighted by Gasteiger charge is 2.61. The topological polar surface area (TPSA) is 74.3 Å². The van der Waals surface area contributed by atoms with Gasteiger partial charge >= 0.3 is 6.03 Å². The van der Waals surface area contributed by atoms with Gasteiger partial charge < -0.3 is 15.5 Å². The van der Waals surface area contributed by atoms with Crippen molar-refractivity contribution in [1.82, 2.24) is 20.5 Å². The molecule has 2 atom stereocenters. The van der Waals surface area contributed by atoms with Gasteiger partial charge in [0.2, 0.25) is 5.91 Å². The second-order valence-corrected chi connectivity index (χ2v) is 7.65. The Morgan fingerprint density at radius 2 is 1.93 bits per heavy atom. The maximum absolute atomic E-state index is 13.2. The van der Waals surface area contributed by atoms with Crippen LogP contribution in [0.15, 0.2) is 48.8 Å². The molecule has 28 heavy (non-hydrogen) atoms. The highest BCUT2D eigenvalue weighted by atomic mass is 19.1. The minimum Gasteiger partial charge on any atom is -0.352 e. The van der Waals surface area contributed by atoms with Gasteiger partial charge in [-0.15, -0.1) is 0 Å². The molecular weight excluding hydrogens is 359 g/mol. The molecule has 4 rings (SSSR count). The molecule has 1 spiro atoms. The van der Waals surface area contributed by atoms with Gasteiger partial charge in [0.25, 0.3) is 0 Å². The minimum atomic E-state index is -0.314. The molecule has 146 valence electrons. The Hall–Kier alpha value is -2.96. The zero-order valence-corrected chi connectivity index (χ0v) is 15.5. The highest BCUT2D eigenvalue weighted by molar-refractivity contribution is 5.83. The zero-order chi connectivity index (χ0) is 19.6. The first-order valence-electron chi connectivity index (χ1n) is 9.50. The first kappa shape index (κ1) is 18.4. The molecular formula is C21H23FN4O2. The zero-order valence-electron chi connectivity index (χ0n) is 15.5. The van der Waals surface area contributed by atoms with Crippen molar-refractivity contribution in [3.63, 3.8) is 0 Å². The summed E-state index contributed by atoms with van der Waals surface area (Å²) < 4.78 is 13.2. The number of nitrogens with zero attached hydrogens (tertiary/aromatic N) is 2. The average Bonchev–Trinajstić information content (AvgIpc) is 3.24. The number of hydrogen-bond donors (Lipinski definition) is 2. The van der Waals surface area contributed by atoms with Crippen molar-refractivity contribution in [1.29, 1.82) is 0 Å². The molecule has 2 fully saturated rings. The van der Waals surface area contributed by atoms with Gasteiger partial charge in [-0.25, -0.2) is 9.18 Å². The largest absolute Gasteiger partial charge is 0.352 e. The van der Waals surface area contributed by atoms with Gasteiger partial charge in [-0.05, 0) is 48.2 Å². The molecule has 2 heterocycles. The smallest absolute Gasteiger partial charge is 0.317 e. The fraction of sp³-hybridized carbons (Fsp3) is 0.381. The molecule has 0 bridgehead atoms. The van der Waals surface area contributed by atoms with Crippen molar-refractivity contribution in [2.75, 3.05) is 13.1 Å². The Bertz CT molecular complexity index is 876. The first-order chi connectivity index (χ1) is 13.6. The monoisotopic (exact) mass is 382 g/mol. The molecule has 1 saturated heterocycles. The molecule has 2 aromatic rings. The Balaban J connectivity index is 1.25. The average molecular weight is 382 g/mol. The molecule has 0 radical (unpaired) electrons. The van der Waals surface area contributed by atoms with Crippen molar-refractivity contribution in [3.8, 4) is 0 Å². The number of benzene rings is 1. The third kappa shape index (κ3) is 3.98. The van der Waals surface area contributed by atoms with E-state index in [1.54, 1.807) is 29.4 Å². The molecule has 3 amide bonds. The maximum atomic E-state index is 13.2. The summed E-state index contributed by atoms with van der Waals surface area (Å²) in [4.78, 5) is 30.6. The van der Waals surface area contributed by atoms with Crippen LogP contribution in [-0.4, -0.2) is 34.9 Å². The SMILES string of the molecule is O=C(NCc1ccncc1)[C@H]1C[C@@]12CCN(C(=O)NCc1cccc(F)c1)C2. The molecule has 7 heteroatoms. The summed E-state index contributed by atoms with van der Waals surface area (Å²) in [6, 6.07) is 9.79. The lowest BCUT2D eigenvalue weighted by atomic mass is 10.0. The van der Waals surface area contributed by atoms with E-state index in [1.165, 1.54) is 12.1 Å². The predicted octanol–water partition coefficient (Wildman–Crippen LogP) is 2.46. The van der Waals surface area contributed by atoms with E-state index in [9.17, 15) is 14.0 Å². The van der Waals surface area contributed by atoms with E-state index in [-0.39, 0.29) is 35.6 Å². The summed E-state index contributed by atoms with van der Waals surface area (Å²) >= 11 is 0. The molecule has 1 aromatic heterocycles. The number of rotatable bonds is 5. The molecule has 1 aliphatic heterocycles. The lowest BCUT2D eigenvalue weighted by Gasteiger charge is -2.17. The lowest BCUT2D eigenvalue weighted by Crippen LogP contribution is -2.38. The van der Waals surface area contributed by atoms with Gasteiger partial charge in [-0.3, -0.25) is 9.78 Å². The van der Waals surface area contributed by atoms with Crippen LogP contribution in [0.3, 0.4) is 0 Å². The van der Waals surface area contributed by atoms with Crippen LogP contribution >= 0.6 is 0 Å². The second kappa shape index (κ2) is 7.58. The molecule has 6 nitrogen and oxygen atoms in total. The number of halogens is 1. The summed E-state index contributed by atoms with van der Waals surface area (Å²) in [6.07, 6.45) is 5.07. The normalized spacial score (nSPS) is 22.9. The van der Waals surface area contributed by atoms with Gasteiger partial charge in [0.1, 0.15) is 5.82 Å². The van der Waals surface area contributed by atoms with Crippen LogP contribution in [-0.2, 0) is 17.9 Å². The highest BCUT2D eigenvalue weighted by Crippen LogP contribution is 2.58. The van der Waals surface area contributed by atoms with Crippen LogP contribution < -0.4 is 10.6 Å². The lowest BCUT2D eigenvalue weighted by molar-refractivity contribution is -0.123. The van der Waals surface area contributed by atoms with Gasteiger partial charge in [-0.1, -0.05) is 12.1 Å². The number of urea groups is 1. The van der Waals surface area contributed by atoms with Crippen LogP contribution in [0.5, 0.6) is 0 Å². The van der Waals surface area contributed by atoms with Crippen LogP contribution in [0.4, 0.5) is 9.18 Å². The van der Waals surface area contributed by atoms with Crippen molar-refractivity contribution < 1.29 is 14.0 Å². The van der Waals surface area contributed by atoms with E-state index >= 15 is 0 Å². The second-order valence-electron chi connectivity index (χ2n) is 7.65. The summed E-state index contributed by atoms with van der Waals surface area (Å²) in [5.74, 6) is -0.292. The Labute approximate surface area is 163 Å². The third-order valence-electron chi connectivity index (χ3n) is 5.73. The summed E-state index contributed by atoms with van der Waals surface area (Å²) in [5.41, 5.74) is 1.66. The quantitative estimate of drug-likeness (QED) is 0.834. The van der Waals surface area contributed by atoms with E-state index < -0.39 is 0 Å². The summed E-state index contributed by atoms with van der Waals surface area (Å²) in [6.45, 7) is 2.01. The Morgan fingerprint density at radius 1 is 1.14 bits per heavy atom. The van der Waals surface area contributed by atoms with Crippen LogP contribution in [0.2, 0.25) is 0 Å². The number of hydrogen-bond acceptors (Lipinski definition) is 3. The number of pyridine rings is 1. The molecule has 0 unspecified atom stereocenters. The molecule has 2 N–H and O–H groups in total. The molecule has 1 aliphatic carbocycles. The summed E-state index contributed by atoms with van der Waals surface area (Å²) in [7, 11) is 0. The summed E-state index contributed by atoms with van der Waals surface area (Å²) in [5, 5.41) is 5.83. The van der Waals surface area contributed by atoms with Crippen molar-refractivity contribution in [3.05, 3.63) is 65.7 Å². The molecule has 1 aromatic carbocycles. The van der Waals surface area contributed by atoms with Crippen LogP contribution in [0.25, 0.3) is 0 Å². The van der Waals surface area contributed by atoms with E-state index in [1.807, 2.05) is 12.1 Å². The Kier molecular flexibility index (Phi) is 4.98. The van der Waals surface area contributed by atoms with Gasteiger partial charge in [0.15, 0.2) is 0 Å². The van der Waals surface area contributed by atoms with E-state index in [4.69, 9.17) is 0 Å². The van der Waals surface area contributed by atoms with Gasteiger partial charge in [0, 0.05) is 49.9 Å². The number of likely N-dealkylation sites (tertiary alicyclic amines) is 1. The predicted molar refractivity (Wildman–Crippen MR) is 101 cm³/mol. The maximum Gasteiger partial charge on any atom is 0.317 e. The number of carbonyl (C=O) groups excluding carboxylic acids is 2. The number of amides is 3. The molecule has 1 saturated carbocycles. The van der Waals surface area contributed by atoms with E-state index in [0.29, 0.717) is 19.6 Å². The minimum absolute atomic E-state index is 0.0321. The van der Waals surface area contributed by atoms with Crippen molar-refractivity contribution in [2.24, 2.45) is 11.3 Å². The Morgan fingerprint density at radius 3 is 2.71 bits per heavy atom. The fourth-order valence-electron chi connectivity index (χ4n) is 3.99. The third-order valence-corrected chi connectivity index (χ3v) is 5.73. The van der Waals surface area contributed by atoms with Crippen LogP contribution in [0, 0.1) is 17.2 Å².